The van der Waals surface area contributed by atoms with E-state index in [-0.39, 0.29) is 11.3 Å². The molecule has 1 aliphatic rings. The molecule has 1 saturated heterocycles. The van der Waals surface area contributed by atoms with Crippen molar-refractivity contribution in [2.75, 3.05) is 20.3 Å². The van der Waals surface area contributed by atoms with Crippen LogP contribution in [0.1, 0.15) is 21.8 Å². The number of aliphatic hydroxyl groups excluding tert-OH is 5. The van der Waals surface area contributed by atoms with E-state index in [1.165, 1.54) is 19.2 Å². The number of phenols is 1. The van der Waals surface area contributed by atoms with E-state index in [4.69, 9.17) is 14.2 Å². The average molecular weight is 450 g/mol. The summed E-state index contributed by atoms with van der Waals surface area (Å²) in [7, 11) is 1.51. The number of carbonyl (C=O) groups is 1. The summed E-state index contributed by atoms with van der Waals surface area (Å²) < 4.78 is 15.8. The van der Waals surface area contributed by atoms with Crippen LogP contribution in [-0.2, 0) is 4.74 Å². The highest BCUT2D eigenvalue weighted by molar-refractivity contribution is 6.03. The summed E-state index contributed by atoms with van der Waals surface area (Å²) >= 11 is 0. The molecule has 0 bridgehead atoms. The van der Waals surface area contributed by atoms with Crippen LogP contribution < -0.4 is 9.47 Å². The Kier molecular flexibility index (Phi) is 7.67. The molecule has 0 spiro atoms. The molecule has 3 rings (SSSR count). The van der Waals surface area contributed by atoms with Gasteiger partial charge >= 0.3 is 0 Å². The van der Waals surface area contributed by atoms with Crippen LogP contribution in [-0.4, -0.2) is 87.5 Å². The molecule has 0 radical (unpaired) electrons. The molecule has 6 atom stereocenters. The first-order valence-corrected chi connectivity index (χ1v) is 9.89. The van der Waals surface area contributed by atoms with Crippen LogP contribution in [0.2, 0.25) is 0 Å². The largest absolute Gasteiger partial charge is 0.507 e. The number of hydrogen-bond acceptors (Lipinski definition) is 10. The molecule has 0 aromatic heterocycles. The van der Waals surface area contributed by atoms with E-state index in [0.717, 1.165) is 6.07 Å². The van der Waals surface area contributed by atoms with Gasteiger partial charge in [0.2, 0.25) is 6.29 Å². The van der Waals surface area contributed by atoms with Gasteiger partial charge in [-0.05, 0) is 29.8 Å². The number of ether oxygens (including phenoxy) is 3. The SMILES string of the molecule is COc1ccc([C@H](CO)C(=O)c2ccc(O[C@H]3O[C@H](CO)[C@@H](O)[C@H](O)[C@H]3O)cc2O)cc1. The lowest BCUT2D eigenvalue weighted by atomic mass is 9.91. The summed E-state index contributed by atoms with van der Waals surface area (Å²) in [6.07, 6.45) is -7.35. The zero-order valence-corrected chi connectivity index (χ0v) is 17.2. The fourth-order valence-electron chi connectivity index (χ4n) is 3.46. The Labute approximate surface area is 183 Å². The monoisotopic (exact) mass is 450 g/mol. The summed E-state index contributed by atoms with van der Waals surface area (Å²) in [4.78, 5) is 12.9. The molecule has 0 aliphatic carbocycles. The fourth-order valence-corrected chi connectivity index (χ4v) is 3.46. The predicted molar refractivity (Wildman–Crippen MR) is 110 cm³/mol. The van der Waals surface area contributed by atoms with Crippen molar-refractivity contribution in [1.82, 2.24) is 0 Å². The highest BCUT2D eigenvalue weighted by Crippen LogP contribution is 2.31. The first kappa shape index (κ1) is 23.9. The molecule has 174 valence electrons. The minimum Gasteiger partial charge on any atom is -0.507 e. The molecule has 0 amide bonds. The van der Waals surface area contributed by atoms with Crippen LogP contribution >= 0.6 is 0 Å². The van der Waals surface area contributed by atoms with E-state index in [2.05, 4.69) is 0 Å². The van der Waals surface area contributed by atoms with Gasteiger partial charge in [-0.25, -0.2) is 0 Å². The van der Waals surface area contributed by atoms with Crippen molar-refractivity contribution in [3.05, 3.63) is 53.6 Å². The summed E-state index contributed by atoms with van der Waals surface area (Å²) in [5.41, 5.74) is 0.486. The molecule has 0 unspecified atom stereocenters. The number of phenolic OH excluding ortho intramolecular Hbond substituents is 1. The van der Waals surface area contributed by atoms with Crippen LogP contribution in [0.3, 0.4) is 0 Å². The molecule has 6 N–H and O–H groups in total. The Morgan fingerprint density at radius 1 is 1.00 bits per heavy atom. The van der Waals surface area contributed by atoms with Crippen LogP contribution in [0.15, 0.2) is 42.5 Å². The zero-order valence-electron chi connectivity index (χ0n) is 17.2. The minimum atomic E-state index is -1.62. The second kappa shape index (κ2) is 10.3. The normalized spacial score (nSPS) is 26.4. The van der Waals surface area contributed by atoms with Crippen LogP contribution in [0.4, 0.5) is 0 Å². The van der Waals surface area contributed by atoms with E-state index < -0.39 is 61.4 Å². The molecule has 1 aliphatic heterocycles. The lowest BCUT2D eigenvalue weighted by Crippen LogP contribution is -2.60. The quantitative estimate of drug-likeness (QED) is 0.290. The highest BCUT2D eigenvalue weighted by Gasteiger charge is 2.44. The molecule has 1 fully saturated rings. The molecule has 2 aromatic carbocycles. The minimum absolute atomic E-state index is 0.00776. The molecule has 1 heterocycles. The van der Waals surface area contributed by atoms with Crippen molar-refractivity contribution >= 4 is 5.78 Å². The average Bonchev–Trinajstić information content (AvgIpc) is 2.80. The number of benzene rings is 2. The van der Waals surface area contributed by atoms with E-state index >= 15 is 0 Å². The third kappa shape index (κ3) is 4.85. The van der Waals surface area contributed by atoms with Crippen molar-refractivity contribution in [2.45, 2.75) is 36.6 Å². The van der Waals surface area contributed by atoms with Crippen LogP contribution in [0.5, 0.6) is 17.2 Å². The lowest BCUT2D eigenvalue weighted by molar-refractivity contribution is -0.277. The molecule has 10 nitrogen and oxygen atoms in total. The van der Waals surface area contributed by atoms with Crippen molar-refractivity contribution in [1.29, 1.82) is 0 Å². The first-order valence-electron chi connectivity index (χ1n) is 9.89. The number of methoxy groups -OCH3 is 1. The van der Waals surface area contributed by atoms with Crippen LogP contribution in [0, 0.1) is 0 Å². The summed E-state index contributed by atoms with van der Waals surface area (Å²) in [5.74, 6) is -1.26. The van der Waals surface area contributed by atoms with Crippen molar-refractivity contribution in [3.63, 3.8) is 0 Å². The first-order chi connectivity index (χ1) is 15.3. The number of rotatable bonds is 8. The second-order valence-electron chi connectivity index (χ2n) is 7.37. The maximum absolute atomic E-state index is 12.9. The third-order valence-electron chi connectivity index (χ3n) is 5.35. The van der Waals surface area contributed by atoms with Crippen molar-refractivity contribution in [3.8, 4) is 17.2 Å². The third-order valence-corrected chi connectivity index (χ3v) is 5.35. The summed E-state index contributed by atoms with van der Waals surface area (Å²) in [6, 6.07) is 10.4. The Balaban J connectivity index is 1.77. The number of ketones is 1. The Morgan fingerprint density at radius 3 is 2.22 bits per heavy atom. The Morgan fingerprint density at radius 2 is 1.66 bits per heavy atom. The van der Waals surface area contributed by atoms with Gasteiger partial charge in [-0.3, -0.25) is 4.79 Å². The van der Waals surface area contributed by atoms with Gasteiger partial charge in [0.15, 0.2) is 5.78 Å². The van der Waals surface area contributed by atoms with Gasteiger partial charge in [0.25, 0.3) is 0 Å². The van der Waals surface area contributed by atoms with Gasteiger partial charge in [-0.15, -0.1) is 0 Å². The van der Waals surface area contributed by atoms with Gasteiger partial charge < -0.3 is 44.8 Å². The van der Waals surface area contributed by atoms with Gasteiger partial charge in [-0.2, -0.15) is 0 Å². The number of aromatic hydroxyl groups is 1. The predicted octanol–water partition coefficient (Wildman–Crippen LogP) is -0.462. The lowest BCUT2D eigenvalue weighted by Gasteiger charge is -2.39. The van der Waals surface area contributed by atoms with Crippen LogP contribution in [0.25, 0.3) is 0 Å². The molecule has 0 saturated carbocycles. The molecule has 32 heavy (non-hydrogen) atoms. The number of carbonyl (C=O) groups excluding carboxylic acids is 1. The van der Waals surface area contributed by atoms with Gasteiger partial charge in [-0.1, -0.05) is 12.1 Å². The second-order valence-corrected chi connectivity index (χ2v) is 7.37. The maximum atomic E-state index is 12.9. The number of Topliss-reactive ketones (excluding diaryl/α,β-unsaturated/α-hetero) is 1. The standard InChI is InChI=1S/C22H26O10/c1-30-12-4-2-11(3-5-12)15(9-23)18(26)14-7-6-13(8-16(14)25)31-22-21(29)20(28)19(27)17(10-24)32-22/h2-8,15,17,19-25,27-29H,9-10H2,1H3/t15-,17+,19+,20-,21+,22-/m0/s1. The Hall–Kier alpha value is -2.73. The highest BCUT2D eigenvalue weighted by atomic mass is 16.7. The van der Waals surface area contributed by atoms with Gasteiger partial charge in [0.05, 0.1) is 31.8 Å². The topological polar surface area (TPSA) is 166 Å². The fraction of sp³-hybridized carbons (Fsp3) is 0.409. The number of aliphatic hydroxyl groups is 5. The maximum Gasteiger partial charge on any atom is 0.229 e. The van der Waals surface area contributed by atoms with Gasteiger partial charge in [0, 0.05) is 6.07 Å². The molecule has 2 aromatic rings. The Bertz CT molecular complexity index is 913. The van der Waals surface area contributed by atoms with Crippen molar-refractivity contribution in [2.24, 2.45) is 0 Å². The summed E-state index contributed by atoms with van der Waals surface area (Å²) in [6.45, 7) is -1.09. The number of hydrogen-bond donors (Lipinski definition) is 6. The zero-order chi connectivity index (χ0) is 23.4. The van der Waals surface area contributed by atoms with E-state index in [1.54, 1.807) is 24.3 Å². The summed E-state index contributed by atoms with van der Waals surface area (Å²) in [5, 5.41) is 59.1. The molecular weight excluding hydrogens is 424 g/mol. The van der Waals surface area contributed by atoms with E-state index in [1.807, 2.05) is 0 Å². The molecule has 10 heteroatoms. The smallest absolute Gasteiger partial charge is 0.229 e. The van der Waals surface area contributed by atoms with E-state index in [0.29, 0.717) is 11.3 Å². The van der Waals surface area contributed by atoms with Crippen molar-refractivity contribution < 1.29 is 49.6 Å². The molecular formula is C22H26O10. The van der Waals surface area contributed by atoms with Gasteiger partial charge in [0.1, 0.15) is 41.7 Å². The van der Waals surface area contributed by atoms with E-state index in [9.17, 15) is 35.4 Å².